The molecular weight excluding hydrogens is 300 g/mol. The standard InChI is InChI=1S/C17H17ClN2O2/c1-2-15(13-9-6-10-14(18)11-13)19-20-17(22)16(21)12-7-4-3-5-8-12/h3-11,16,21H,2H2,1H3,(H,20,22)/b19-15+. The van der Waals surface area contributed by atoms with E-state index < -0.39 is 12.0 Å². The molecule has 0 bridgehead atoms. The monoisotopic (exact) mass is 316 g/mol. The van der Waals surface area contributed by atoms with E-state index in [1.165, 1.54) is 0 Å². The minimum Gasteiger partial charge on any atom is -0.378 e. The zero-order valence-electron chi connectivity index (χ0n) is 12.2. The molecule has 0 aliphatic carbocycles. The van der Waals surface area contributed by atoms with Gasteiger partial charge in [-0.15, -0.1) is 0 Å². The van der Waals surface area contributed by atoms with Gasteiger partial charge in [-0.25, -0.2) is 5.43 Å². The second kappa shape index (κ2) is 7.73. The van der Waals surface area contributed by atoms with Crippen LogP contribution in [0.5, 0.6) is 0 Å². The number of halogens is 1. The summed E-state index contributed by atoms with van der Waals surface area (Å²) in [6.07, 6.45) is -0.621. The molecule has 22 heavy (non-hydrogen) atoms. The van der Waals surface area contributed by atoms with E-state index in [2.05, 4.69) is 10.5 Å². The quantitative estimate of drug-likeness (QED) is 0.656. The highest BCUT2D eigenvalue weighted by Crippen LogP contribution is 2.14. The molecule has 2 aromatic rings. The highest BCUT2D eigenvalue weighted by Gasteiger charge is 2.16. The van der Waals surface area contributed by atoms with Crippen molar-refractivity contribution < 1.29 is 9.90 Å². The van der Waals surface area contributed by atoms with Crippen LogP contribution in [-0.2, 0) is 4.79 Å². The smallest absolute Gasteiger partial charge is 0.273 e. The third-order valence-corrected chi connectivity index (χ3v) is 3.39. The maximum absolute atomic E-state index is 12.0. The molecule has 2 rings (SSSR count). The van der Waals surface area contributed by atoms with Crippen molar-refractivity contribution in [2.75, 3.05) is 0 Å². The molecular formula is C17H17ClN2O2. The predicted molar refractivity (Wildman–Crippen MR) is 87.8 cm³/mol. The van der Waals surface area contributed by atoms with Crippen molar-refractivity contribution in [2.45, 2.75) is 19.4 Å². The van der Waals surface area contributed by atoms with Crippen molar-refractivity contribution in [1.82, 2.24) is 5.43 Å². The van der Waals surface area contributed by atoms with Gasteiger partial charge < -0.3 is 5.11 Å². The first kappa shape index (κ1) is 16.2. The fourth-order valence-corrected chi connectivity index (χ4v) is 2.18. The summed E-state index contributed by atoms with van der Waals surface area (Å²) in [6.45, 7) is 1.93. The van der Waals surface area contributed by atoms with Gasteiger partial charge in [0.15, 0.2) is 6.10 Å². The molecule has 0 fully saturated rings. The Hall–Kier alpha value is -2.17. The lowest BCUT2D eigenvalue weighted by Gasteiger charge is -2.10. The highest BCUT2D eigenvalue weighted by molar-refractivity contribution is 6.31. The van der Waals surface area contributed by atoms with Crippen LogP contribution in [-0.4, -0.2) is 16.7 Å². The van der Waals surface area contributed by atoms with Gasteiger partial charge in [-0.2, -0.15) is 5.10 Å². The van der Waals surface area contributed by atoms with Crippen LogP contribution >= 0.6 is 11.6 Å². The number of carbonyl (C=O) groups is 1. The van der Waals surface area contributed by atoms with Gasteiger partial charge in [0.25, 0.3) is 5.91 Å². The number of nitrogens with zero attached hydrogens (tertiary/aromatic N) is 1. The number of rotatable bonds is 5. The van der Waals surface area contributed by atoms with Gasteiger partial charge in [-0.1, -0.05) is 61.0 Å². The summed E-state index contributed by atoms with van der Waals surface area (Å²) < 4.78 is 0. The summed E-state index contributed by atoms with van der Waals surface area (Å²) in [6, 6.07) is 16.0. The average Bonchev–Trinajstić information content (AvgIpc) is 2.55. The molecule has 4 nitrogen and oxygen atoms in total. The van der Waals surface area contributed by atoms with E-state index in [1.807, 2.05) is 25.1 Å². The summed E-state index contributed by atoms with van der Waals surface area (Å²) in [4.78, 5) is 12.0. The lowest BCUT2D eigenvalue weighted by Crippen LogP contribution is -2.26. The van der Waals surface area contributed by atoms with Gasteiger partial charge in [0.05, 0.1) is 5.71 Å². The maximum Gasteiger partial charge on any atom is 0.273 e. The number of aliphatic hydroxyl groups excluding tert-OH is 1. The van der Waals surface area contributed by atoms with Crippen LogP contribution in [0.25, 0.3) is 0 Å². The maximum atomic E-state index is 12.0. The Morgan fingerprint density at radius 1 is 1.23 bits per heavy atom. The first-order valence-corrected chi connectivity index (χ1v) is 7.35. The third-order valence-electron chi connectivity index (χ3n) is 3.16. The number of nitrogens with one attached hydrogen (secondary N) is 1. The fraction of sp³-hybridized carbons (Fsp3) is 0.176. The number of benzene rings is 2. The topological polar surface area (TPSA) is 61.7 Å². The Balaban J connectivity index is 2.10. The third kappa shape index (κ3) is 4.16. The van der Waals surface area contributed by atoms with E-state index in [0.29, 0.717) is 22.7 Å². The fourth-order valence-electron chi connectivity index (χ4n) is 1.99. The molecule has 0 spiro atoms. The van der Waals surface area contributed by atoms with Crippen LogP contribution in [0.3, 0.4) is 0 Å². The van der Waals surface area contributed by atoms with Crippen LogP contribution in [0.15, 0.2) is 59.7 Å². The van der Waals surface area contributed by atoms with Gasteiger partial charge in [-0.3, -0.25) is 4.79 Å². The Bertz CT molecular complexity index is 671. The lowest BCUT2D eigenvalue weighted by molar-refractivity contribution is -0.129. The van der Waals surface area contributed by atoms with Gasteiger partial charge in [-0.05, 0) is 29.7 Å². The minimum absolute atomic E-state index is 0.524. The number of hydrogen-bond acceptors (Lipinski definition) is 3. The second-order valence-corrected chi connectivity index (χ2v) is 5.15. The lowest BCUT2D eigenvalue weighted by atomic mass is 10.1. The average molecular weight is 317 g/mol. The van der Waals surface area contributed by atoms with Crippen LogP contribution in [0, 0.1) is 0 Å². The Labute approximate surface area is 134 Å². The molecule has 0 aromatic heterocycles. The summed E-state index contributed by atoms with van der Waals surface area (Å²) >= 11 is 5.96. The largest absolute Gasteiger partial charge is 0.378 e. The van der Waals surface area contributed by atoms with Crippen LogP contribution in [0.2, 0.25) is 5.02 Å². The van der Waals surface area contributed by atoms with E-state index in [0.717, 1.165) is 5.56 Å². The molecule has 0 aliphatic rings. The zero-order chi connectivity index (χ0) is 15.9. The number of amides is 1. The molecule has 0 heterocycles. The molecule has 114 valence electrons. The normalized spacial score (nSPS) is 12.8. The van der Waals surface area contributed by atoms with Gasteiger partial charge in [0.2, 0.25) is 0 Å². The predicted octanol–water partition coefficient (Wildman–Crippen LogP) is 3.30. The van der Waals surface area contributed by atoms with Crippen molar-refractivity contribution in [3.05, 3.63) is 70.7 Å². The van der Waals surface area contributed by atoms with E-state index in [-0.39, 0.29) is 0 Å². The Morgan fingerprint density at radius 3 is 2.59 bits per heavy atom. The van der Waals surface area contributed by atoms with Crippen molar-refractivity contribution in [1.29, 1.82) is 0 Å². The molecule has 0 radical (unpaired) electrons. The molecule has 1 amide bonds. The summed E-state index contributed by atoms with van der Waals surface area (Å²) in [7, 11) is 0. The number of carbonyl (C=O) groups excluding carboxylic acids is 1. The first-order valence-electron chi connectivity index (χ1n) is 6.97. The summed E-state index contributed by atoms with van der Waals surface area (Å²) in [5.74, 6) is -0.570. The Morgan fingerprint density at radius 2 is 1.95 bits per heavy atom. The molecule has 0 saturated carbocycles. The van der Waals surface area contributed by atoms with Crippen molar-refractivity contribution >= 4 is 23.2 Å². The summed E-state index contributed by atoms with van der Waals surface area (Å²) in [5.41, 5.74) is 4.46. The van der Waals surface area contributed by atoms with Crippen molar-refractivity contribution in [3.8, 4) is 0 Å². The van der Waals surface area contributed by atoms with Crippen LogP contribution in [0.4, 0.5) is 0 Å². The summed E-state index contributed by atoms with van der Waals surface area (Å²) in [5, 5.41) is 14.7. The molecule has 0 aliphatic heterocycles. The minimum atomic E-state index is -1.25. The highest BCUT2D eigenvalue weighted by atomic mass is 35.5. The first-order chi connectivity index (χ1) is 10.6. The molecule has 2 aromatic carbocycles. The van der Waals surface area contributed by atoms with Crippen LogP contribution < -0.4 is 5.43 Å². The zero-order valence-corrected chi connectivity index (χ0v) is 12.9. The second-order valence-electron chi connectivity index (χ2n) is 4.71. The molecule has 5 heteroatoms. The molecule has 2 N–H and O–H groups in total. The molecule has 1 atom stereocenters. The molecule has 1 unspecified atom stereocenters. The number of hydrazone groups is 1. The van der Waals surface area contributed by atoms with Gasteiger partial charge in [0, 0.05) is 5.02 Å². The Kier molecular flexibility index (Phi) is 5.69. The van der Waals surface area contributed by atoms with Gasteiger partial charge in [0.1, 0.15) is 0 Å². The molecule has 0 saturated heterocycles. The SMILES string of the molecule is CC/C(=N\NC(=O)C(O)c1ccccc1)c1cccc(Cl)c1. The number of hydrogen-bond donors (Lipinski definition) is 2. The van der Waals surface area contributed by atoms with Crippen LogP contribution in [0.1, 0.15) is 30.6 Å². The van der Waals surface area contributed by atoms with Gasteiger partial charge >= 0.3 is 0 Å². The number of aliphatic hydroxyl groups is 1. The van der Waals surface area contributed by atoms with E-state index >= 15 is 0 Å². The van der Waals surface area contributed by atoms with E-state index in [4.69, 9.17) is 11.6 Å². The van der Waals surface area contributed by atoms with Crippen molar-refractivity contribution in [2.24, 2.45) is 5.10 Å². The van der Waals surface area contributed by atoms with E-state index in [1.54, 1.807) is 36.4 Å². The van der Waals surface area contributed by atoms with E-state index in [9.17, 15) is 9.90 Å². The van der Waals surface area contributed by atoms with Crippen molar-refractivity contribution in [3.63, 3.8) is 0 Å².